The quantitative estimate of drug-likeness (QED) is 0.406. The van der Waals surface area contributed by atoms with Crippen LogP contribution >= 0.6 is 0 Å². The number of aliphatic carboxylic acids is 2. The molecule has 0 bridgehead atoms. The van der Waals surface area contributed by atoms with Crippen molar-refractivity contribution in [1.82, 2.24) is 0 Å². The molecule has 0 aromatic rings. The summed E-state index contributed by atoms with van der Waals surface area (Å²) in [6, 6.07) is 0. The first kappa shape index (κ1) is 24.1. The summed E-state index contributed by atoms with van der Waals surface area (Å²) in [6.07, 6.45) is -2.46. The summed E-state index contributed by atoms with van der Waals surface area (Å²) < 4.78 is 0. The second-order valence-corrected chi connectivity index (χ2v) is 2.03. The number of hydrogen-bond donors (Lipinski definition) is 4. The normalized spacial score (nSPS) is 11.7. The number of carboxylic acids is 2. The molecule has 0 aliphatic carbocycles. The summed E-state index contributed by atoms with van der Waals surface area (Å²) >= 11 is 0. The number of rotatable bonds is 2. The Morgan fingerprint density at radius 1 is 1.00 bits per heavy atom. The van der Waals surface area contributed by atoms with Gasteiger partial charge >= 0.3 is 49.7 Å². The van der Waals surface area contributed by atoms with Crippen molar-refractivity contribution < 1.29 is 32.9 Å². The molecule has 0 rings (SSSR count). The molecule has 2 unspecified atom stereocenters. The first-order valence-electron chi connectivity index (χ1n) is 3.10. The van der Waals surface area contributed by atoms with Gasteiger partial charge in [-0.05, 0) is 13.8 Å². The minimum atomic E-state index is -1.23. The maximum Gasteiger partial charge on any atom is 2.00 e. The molecule has 0 saturated carbocycles. The molecule has 4 N–H and O–H groups in total. The average molecular weight is 252 g/mol. The zero-order chi connectivity index (χ0) is 10.3. The predicted octanol–water partition coefficient (Wildman–Crippen LogP) is -2.44. The van der Waals surface area contributed by atoms with Crippen LogP contribution in [0, 0.1) is 0 Å². The number of carboxylic acid groups (broad SMARTS) is 2. The third kappa shape index (κ3) is 22.9. The summed E-state index contributed by atoms with van der Waals surface area (Å²) in [4.78, 5) is 18.9. The zero-order valence-electron chi connectivity index (χ0n) is 9.47. The predicted molar refractivity (Wildman–Crippen MR) is 56.6 cm³/mol. The largest absolute Gasteiger partial charge is 2.00 e. The molecular formula is C6H17AlCaO6. The van der Waals surface area contributed by atoms with E-state index in [2.05, 4.69) is 0 Å². The first-order valence-corrected chi connectivity index (χ1v) is 3.10. The van der Waals surface area contributed by atoms with Crippen LogP contribution in [0.2, 0.25) is 0 Å². The van der Waals surface area contributed by atoms with E-state index >= 15 is 0 Å². The van der Waals surface area contributed by atoms with Crippen molar-refractivity contribution in [1.29, 1.82) is 0 Å². The van der Waals surface area contributed by atoms with E-state index in [4.69, 9.17) is 20.4 Å². The molecule has 0 radical (unpaired) electrons. The fourth-order valence-electron chi connectivity index (χ4n) is 0. The molecule has 0 heterocycles. The van der Waals surface area contributed by atoms with Crippen molar-refractivity contribution in [2.45, 2.75) is 26.1 Å². The Morgan fingerprint density at radius 2 is 1.07 bits per heavy atom. The fourth-order valence-corrected chi connectivity index (χ4v) is 0. The van der Waals surface area contributed by atoms with E-state index in [0.29, 0.717) is 0 Å². The molecule has 8 heteroatoms. The van der Waals surface area contributed by atoms with Crippen LogP contribution in [0.15, 0.2) is 0 Å². The first-order chi connectivity index (χ1) is 5.29. The van der Waals surface area contributed by atoms with E-state index in [0.717, 1.165) is 0 Å². The molecular weight excluding hydrogens is 235 g/mol. The second-order valence-electron chi connectivity index (χ2n) is 2.03. The summed E-state index contributed by atoms with van der Waals surface area (Å²) in [6.45, 7) is 2.39. The molecule has 0 aliphatic rings. The van der Waals surface area contributed by atoms with Gasteiger partial charge in [0.2, 0.25) is 0 Å². The van der Waals surface area contributed by atoms with Crippen molar-refractivity contribution in [3.8, 4) is 0 Å². The van der Waals surface area contributed by atoms with Crippen LogP contribution in [0.4, 0.5) is 0 Å². The van der Waals surface area contributed by atoms with E-state index in [1.54, 1.807) is 0 Å². The van der Waals surface area contributed by atoms with Gasteiger partial charge in [0.15, 0.2) is 17.4 Å². The molecule has 2 atom stereocenters. The Hall–Kier alpha value is 0.652. The summed E-state index contributed by atoms with van der Waals surface area (Å²) in [7, 11) is 0. The van der Waals surface area contributed by atoms with Crippen LogP contribution in [0.5, 0.6) is 0 Å². The molecule has 6 nitrogen and oxygen atoms in total. The average Bonchev–Trinajstić information content (AvgIpc) is 1.88. The van der Waals surface area contributed by atoms with Crippen molar-refractivity contribution in [2.75, 3.05) is 0 Å². The monoisotopic (exact) mass is 252 g/mol. The minimum absolute atomic E-state index is 0. The van der Waals surface area contributed by atoms with Crippen molar-refractivity contribution >= 4 is 67.0 Å². The van der Waals surface area contributed by atoms with Gasteiger partial charge in [-0.2, -0.15) is 0 Å². The summed E-state index contributed by atoms with van der Waals surface area (Å²) in [5.74, 6) is -2.37. The van der Waals surface area contributed by atoms with Crippen LogP contribution in [0.3, 0.4) is 0 Å². The van der Waals surface area contributed by atoms with Crippen molar-refractivity contribution in [2.24, 2.45) is 0 Å². The van der Waals surface area contributed by atoms with Crippen LogP contribution in [0.25, 0.3) is 0 Å². The van der Waals surface area contributed by atoms with Gasteiger partial charge in [0.05, 0.1) is 0 Å². The second kappa shape index (κ2) is 13.7. The van der Waals surface area contributed by atoms with E-state index in [1.165, 1.54) is 13.8 Å². The zero-order valence-corrected chi connectivity index (χ0v) is 9.68. The fraction of sp³-hybridized carbons (Fsp3) is 0.667. The molecule has 0 aliphatic heterocycles. The van der Waals surface area contributed by atoms with E-state index in [9.17, 15) is 9.59 Å². The van der Waals surface area contributed by atoms with Crippen LogP contribution in [-0.2, 0) is 9.59 Å². The molecule has 0 amide bonds. The van der Waals surface area contributed by atoms with Gasteiger partial charge in [-0.1, -0.05) is 0 Å². The third-order valence-electron chi connectivity index (χ3n) is 0.715. The van der Waals surface area contributed by atoms with E-state index in [-0.39, 0.29) is 58.0 Å². The Kier molecular flexibility index (Phi) is 23.5. The summed E-state index contributed by atoms with van der Waals surface area (Å²) in [5, 5.41) is 31.5. The maximum absolute atomic E-state index is 9.45. The number of hydrogen-bond acceptors (Lipinski definition) is 4. The molecule has 14 heavy (non-hydrogen) atoms. The Bertz CT molecular complexity index is 151. The van der Waals surface area contributed by atoms with E-state index < -0.39 is 24.1 Å². The van der Waals surface area contributed by atoms with Gasteiger partial charge in [0.1, 0.15) is 12.2 Å². The molecule has 82 valence electrons. The van der Waals surface area contributed by atoms with Gasteiger partial charge in [0, 0.05) is 0 Å². The third-order valence-corrected chi connectivity index (χ3v) is 0.715. The van der Waals surface area contributed by atoms with Gasteiger partial charge in [-0.3, -0.25) is 0 Å². The molecule has 0 saturated heterocycles. The number of aliphatic hydroxyl groups excluding tert-OH is 2. The Balaban J connectivity index is -0.0000000250. The summed E-state index contributed by atoms with van der Waals surface area (Å²) in [5.41, 5.74) is 0. The van der Waals surface area contributed by atoms with Gasteiger partial charge in [-0.15, -0.1) is 0 Å². The Labute approximate surface area is 125 Å². The molecule has 0 spiro atoms. The molecule has 0 aromatic heterocycles. The van der Waals surface area contributed by atoms with Crippen LogP contribution in [0.1, 0.15) is 16.7 Å². The number of aliphatic hydroxyl groups is 2. The Morgan fingerprint density at radius 3 is 1.07 bits per heavy atom. The molecule has 0 aromatic carbocycles. The molecule has 0 fully saturated rings. The maximum atomic E-state index is 9.45. The van der Waals surface area contributed by atoms with Crippen LogP contribution < -0.4 is 0 Å². The number of carbonyl (C=O) groups is 2. The minimum Gasteiger partial charge on any atom is -1.00 e. The van der Waals surface area contributed by atoms with Crippen molar-refractivity contribution in [3.63, 3.8) is 0 Å². The standard InChI is InChI=1S/2C3H6O3.Al.Ca.5H/c2*1-2(4)3(5)6;;;;;;;/h2*2,4H,1H3,(H,5,6);;;;;;;/q;;;+2;;;;2*-1. The van der Waals surface area contributed by atoms with Gasteiger partial charge < -0.3 is 23.3 Å². The smallest absolute Gasteiger partial charge is 1.00 e. The van der Waals surface area contributed by atoms with Gasteiger partial charge in [0.25, 0.3) is 0 Å². The topological polar surface area (TPSA) is 115 Å². The SMILES string of the molecule is CC(O)C(=O)O.CC(O)C(=O)O.[AlH3].[Ca+2].[H-].[H-]. The van der Waals surface area contributed by atoms with E-state index in [1.807, 2.05) is 0 Å². The van der Waals surface area contributed by atoms with Gasteiger partial charge in [-0.25, -0.2) is 9.59 Å². The van der Waals surface area contributed by atoms with Crippen LogP contribution in [-0.4, -0.2) is 99.7 Å². The van der Waals surface area contributed by atoms with Crippen molar-refractivity contribution in [3.05, 3.63) is 0 Å².